The average Bonchev–Trinajstić information content (AvgIpc) is 2.81. The van der Waals surface area contributed by atoms with E-state index in [4.69, 9.17) is 5.73 Å². The van der Waals surface area contributed by atoms with Gasteiger partial charge in [0.15, 0.2) is 5.00 Å². The molecule has 0 atom stereocenters. The molecule has 0 radical (unpaired) electrons. The van der Waals surface area contributed by atoms with Crippen molar-refractivity contribution in [2.24, 2.45) is 0 Å². The fourth-order valence-electron chi connectivity index (χ4n) is 1.54. The summed E-state index contributed by atoms with van der Waals surface area (Å²) in [5.74, 6) is 0. The van der Waals surface area contributed by atoms with E-state index in [0.29, 0.717) is 17.0 Å². The van der Waals surface area contributed by atoms with Crippen LogP contribution in [-0.4, -0.2) is 19.6 Å². The lowest BCUT2D eigenvalue weighted by atomic mass is 10.3. The van der Waals surface area contributed by atoms with E-state index in [2.05, 4.69) is 4.72 Å². The molecule has 10 heteroatoms. The van der Waals surface area contributed by atoms with Crippen LogP contribution < -0.4 is 10.5 Å². The van der Waals surface area contributed by atoms with E-state index < -0.39 is 20.6 Å². The molecule has 0 fully saturated rings. The number of thiophene rings is 1. The van der Waals surface area contributed by atoms with E-state index >= 15 is 0 Å². The van der Waals surface area contributed by atoms with Crippen molar-refractivity contribution in [2.45, 2.75) is 9.10 Å². The fourth-order valence-corrected chi connectivity index (χ4v) is 4.26. The quantitative estimate of drug-likeness (QED) is 0.489. The van der Waals surface area contributed by atoms with Crippen LogP contribution in [0.4, 0.5) is 16.4 Å². The van der Waals surface area contributed by atoms with Crippen LogP contribution in [0.3, 0.4) is 0 Å². The molecule has 0 saturated carbocycles. The van der Waals surface area contributed by atoms with E-state index in [1.54, 1.807) is 18.2 Å². The Morgan fingerprint density at radius 3 is 2.67 bits per heavy atom. The first-order valence-electron chi connectivity index (χ1n) is 5.54. The second-order valence-electron chi connectivity index (χ2n) is 3.91. The van der Waals surface area contributed by atoms with Gasteiger partial charge in [-0.05, 0) is 24.5 Å². The summed E-state index contributed by atoms with van der Waals surface area (Å²) in [6.07, 6.45) is 1.87. The Bertz CT molecular complexity index is 786. The Kier molecular flexibility index (Phi) is 4.40. The Morgan fingerprint density at radius 1 is 1.38 bits per heavy atom. The monoisotopic (exact) mass is 345 g/mol. The molecule has 112 valence electrons. The van der Waals surface area contributed by atoms with E-state index in [-0.39, 0.29) is 9.21 Å². The predicted molar refractivity (Wildman–Crippen MR) is 84.4 cm³/mol. The van der Waals surface area contributed by atoms with Gasteiger partial charge in [0.1, 0.15) is 4.21 Å². The summed E-state index contributed by atoms with van der Waals surface area (Å²) >= 11 is 2.13. The molecule has 0 aliphatic carbocycles. The Labute approximate surface area is 129 Å². The van der Waals surface area contributed by atoms with Crippen molar-refractivity contribution in [1.82, 2.24) is 0 Å². The largest absolute Gasteiger partial charge is 0.385 e. The lowest BCUT2D eigenvalue weighted by Gasteiger charge is -2.06. The molecule has 0 saturated heterocycles. The van der Waals surface area contributed by atoms with Gasteiger partial charge in [0.25, 0.3) is 10.0 Å². The maximum Gasteiger partial charge on any atom is 0.304 e. The molecule has 1 heterocycles. The predicted octanol–water partition coefficient (Wildman–Crippen LogP) is 2.76. The van der Waals surface area contributed by atoms with E-state index in [1.807, 2.05) is 12.3 Å². The number of nitro groups is 1. The van der Waals surface area contributed by atoms with Crippen molar-refractivity contribution in [2.75, 3.05) is 16.7 Å². The zero-order chi connectivity index (χ0) is 15.6. The van der Waals surface area contributed by atoms with Crippen LogP contribution in [0.25, 0.3) is 0 Å². The third kappa shape index (κ3) is 3.46. The number of anilines is 2. The smallest absolute Gasteiger partial charge is 0.304 e. The second kappa shape index (κ2) is 5.92. The minimum atomic E-state index is -3.90. The van der Waals surface area contributed by atoms with Gasteiger partial charge in [0.05, 0.1) is 4.92 Å². The average molecular weight is 345 g/mol. The molecule has 2 rings (SSSR count). The van der Waals surface area contributed by atoms with Crippen LogP contribution in [0.1, 0.15) is 0 Å². The summed E-state index contributed by atoms with van der Waals surface area (Å²) in [5, 5.41) is 10.6. The van der Waals surface area contributed by atoms with Gasteiger partial charge in [-0.2, -0.15) is 0 Å². The minimum absolute atomic E-state index is 0.141. The zero-order valence-corrected chi connectivity index (χ0v) is 13.2. The summed E-state index contributed by atoms with van der Waals surface area (Å²) in [6, 6.07) is 7.79. The second-order valence-corrected chi connectivity index (χ2v) is 7.78. The fraction of sp³-hybridized carbons (Fsp3) is 0.0909. The van der Waals surface area contributed by atoms with Gasteiger partial charge in [-0.1, -0.05) is 17.4 Å². The first kappa shape index (κ1) is 15.6. The molecular weight excluding hydrogens is 334 g/mol. The number of nitrogen functional groups attached to an aromatic ring is 1. The summed E-state index contributed by atoms with van der Waals surface area (Å²) in [6.45, 7) is 0. The number of sulfonamides is 1. The van der Waals surface area contributed by atoms with Crippen LogP contribution >= 0.6 is 23.1 Å². The van der Waals surface area contributed by atoms with Crippen LogP contribution in [0.15, 0.2) is 39.4 Å². The molecule has 1 aromatic carbocycles. The number of benzene rings is 1. The zero-order valence-electron chi connectivity index (χ0n) is 10.8. The SMILES string of the molecule is CSc1cccc(NS(=O)(=O)c2cc([N+](=O)[O-])c(N)s2)c1. The topological polar surface area (TPSA) is 115 Å². The lowest BCUT2D eigenvalue weighted by molar-refractivity contribution is -0.383. The number of hydrogen-bond donors (Lipinski definition) is 2. The van der Waals surface area contributed by atoms with Crippen molar-refractivity contribution < 1.29 is 13.3 Å². The van der Waals surface area contributed by atoms with E-state index in [0.717, 1.165) is 11.0 Å². The van der Waals surface area contributed by atoms with Crippen LogP contribution in [0.5, 0.6) is 0 Å². The Morgan fingerprint density at radius 2 is 2.10 bits per heavy atom. The van der Waals surface area contributed by atoms with Gasteiger partial charge in [-0.25, -0.2) is 8.42 Å². The standard InChI is InChI=1S/C11H11N3O4S3/c1-19-8-4-2-3-7(5-8)13-21(17,18)10-6-9(14(15)16)11(12)20-10/h2-6,13H,12H2,1H3. The Balaban J connectivity index is 2.34. The number of thioether (sulfide) groups is 1. The van der Waals surface area contributed by atoms with Crippen LogP contribution in [0, 0.1) is 10.1 Å². The highest BCUT2D eigenvalue weighted by molar-refractivity contribution is 7.98. The van der Waals surface area contributed by atoms with E-state index in [1.165, 1.54) is 11.8 Å². The molecule has 1 aromatic heterocycles. The first-order chi connectivity index (χ1) is 9.83. The minimum Gasteiger partial charge on any atom is -0.385 e. The van der Waals surface area contributed by atoms with E-state index in [9.17, 15) is 18.5 Å². The van der Waals surface area contributed by atoms with Gasteiger partial charge < -0.3 is 5.73 Å². The molecule has 0 spiro atoms. The number of nitrogens with one attached hydrogen (secondary N) is 1. The summed E-state index contributed by atoms with van der Waals surface area (Å²) in [5.41, 5.74) is 5.44. The van der Waals surface area contributed by atoms with Gasteiger partial charge >= 0.3 is 5.69 Å². The van der Waals surface area contributed by atoms with Crippen LogP contribution in [-0.2, 0) is 10.0 Å². The normalized spacial score (nSPS) is 11.3. The first-order valence-corrected chi connectivity index (χ1v) is 9.06. The summed E-state index contributed by atoms with van der Waals surface area (Å²) in [4.78, 5) is 10.9. The highest BCUT2D eigenvalue weighted by Crippen LogP contribution is 2.35. The van der Waals surface area contributed by atoms with Gasteiger partial charge in [-0.15, -0.1) is 11.8 Å². The highest BCUT2D eigenvalue weighted by atomic mass is 32.2. The maximum absolute atomic E-state index is 12.2. The number of nitrogens with zero attached hydrogens (tertiary/aromatic N) is 1. The van der Waals surface area contributed by atoms with Crippen LogP contribution in [0.2, 0.25) is 0 Å². The van der Waals surface area contributed by atoms with Crippen molar-refractivity contribution >= 4 is 49.5 Å². The molecule has 0 aliphatic rings. The number of rotatable bonds is 5. The molecule has 0 unspecified atom stereocenters. The third-order valence-electron chi connectivity index (χ3n) is 2.50. The van der Waals surface area contributed by atoms with Gasteiger partial charge in [-0.3, -0.25) is 14.8 Å². The van der Waals surface area contributed by atoms with Crippen molar-refractivity contribution in [3.8, 4) is 0 Å². The number of hydrogen-bond acceptors (Lipinski definition) is 7. The van der Waals surface area contributed by atoms with Gasteiger partial charge in [0.2, 0.25) is 0 Å². The lowest BCUT2D eigenvalue weighted by Crippen LogP contribution is -2.11. The molecule has 3 N–H and O–H groups in total. The molecule has 0 amide bonds. The third-order valence-corrected chi connectivity index (χ3v) is 6.03. The molecule has 2 aromatic rings. The Hall–Kier alpha value is -1.78. The highest BCUT2D eigenvalue weighted by Gasteiger charge is 2.24. The molecule has 7 nitrogen and oxygen atoms in total. The molecular formula is C11H11N3O4S3. The molecule has 0 aliphatic heterocycles. The summed E-state index contributed by atoms with van der Waals surface area (Å²) in [7, 11) is -3.90. The molecule has 21 heavy (non-hydrogen) atoms. The maximum atomic E-state index is 12.2. The summed E-state index contributed by atoms with van der Waals surface area (Å²) < 4.78 is 26.6. The molecule has 0 bridgehead atoms. The number of nitrogens with two attached hydrogens (primary N) is 1. The van der Waals surface area contributed by atoms with Crippen molar-refractivity contribution in [1.29, 1.82) is 0 Å². The van der Waals surface area contributed by atoms with Crippen molar-refractivity contribution in [3.05, 3.63) is 40.4 Å². The van der Waals surface area contributed by atoms with Crippen molar-refractivity contribution in [3.63, 3.8) is 0 Å². The van der Waals surface area contributed by atoms with Gasteiger partial charge in [0, 0.05) is 16.6 Å².